The second-order valence-corrected chi connectivity index (χ2v) is 4.83. The van der Waals surface area contributed by atoms with Crippen LogP contribution >= 0.6 is 0 Å². The first-order valence-electron chi connectivity index (χ1n) is 6.12. The van der Waals surface area contributed by atoms with Crippen molar-refractivity contribution in [2.45, 2.75) is 38.2 Å². The van der Waals surface area contributed by atoms with Gasteiger partial charge in [0.1, 0.15) is 6.10 Å². The van der Waals surface area contributed by atoms with E-state index < -0.39 is 0 Å². The van der Waals surface area contributed by atoms with Crippen LogP contribution < -0.4 is 0 Å². The highest BCUT2D eigenvalue weighted by molar-refractivity contribution is 5.75. The molecule has 1 atom stereocenters. The van der Waals surface area contributed by atoms with Crippen molar-refractivity contribution in [3.05, 3.63) is 35.4 Å². The predicted molar refractivity (Wildman–Crippen MR) is 60.9 cm³/mol. The fourth-order valence-corrected chi connectivity index (χ4v) is 2.99. The van der Waals surface area contributed by atoms with Gasteiger partial charge in [0.05, 0.1) is 6.42 Å². The average Bonchev–Trinajstić information content (AvgIpc) is 2.81. The van der Waals surface area contributed by atoms with Crippen molar-refractivity contribution in [2.24, 2.45) is 5.92 Å². The van der Waals surface area contributed by atoms with E-state index in [4.69, 9.17) is 4.74 Å². The van der Waals surface area contributed by atoms with Crippen LogP contribution in [-0.4, -0.2) is 5.97 Å². The van der Waals surface area contributed by atoms with Gasteiger partial charge in [-0.05, 0) is 24.0 Å². The Kier molecular flexibility index (Phi) is 2.43. The Balaban J connectivity index is 1.96. The first-order chi connectivity index (χ1) is 7.84. The molecule has 1 aliphatic carbocycles. The molecule has 84 valence electrons. The van der Waals surface area contributed by atoms with E-state index in [1.165, 1.54) is 31.2 Å². The molecule has 0 bridgehead atoms. The number of carbonyl (C=O) groups excluding carboxylic acids is 1. The Morgan fingerprint density at radius 2 is 1.88 bits per heavy atom. The van der Waals surface area contributed by atoms with Crippen LogP contribution in [-0.2, 0) is 16.0 Å². The van der Waals surface area contributed by atoms with Gasteiger partial charge < -0.3 is 4.74 Å². The summed E-state index contributed by atoms with van der Waals surface area (Å²) in [6, 6.07) is 8.21. The highest BCUT2D eigenvalue weighted by atomic mass is 16.5. The molecule has 1 unspecified atom stereocenters. The monoisotopic (exact) mass is 216 g/mol. The number of hydrogen-bond donors (Lipinski definition) is 0. The topological polar surface area (TPSA) is 26.3 Å². The summed E-state index contributed by atoms with van der Waals surface area (Å²) in [7, 11) is 0. The summed E-state index contributed by atoms with van der Waals surface area (Å²) in [4.78, 5) is 11.6. The van der Waals surface area contributed by atoms with Crippen LogP contribution in [0.1, 0.15) is 42.9 Å². The molecule has 1 aliphatic heterocycles. The fraction of sp³-hybridized carbons (Fsp3) is 0.500. The molecule has 2 aliphatic rings. The molecule has 0 spiro atoms. The molecule has 1 fully saturated rings. The molecule has 0 aromatic heterocycles. The Morgan fingerprint density at radius 1 is 1.12 bits per heavy atom. The van der Waals surface area contributed by atoms with Gasteiger partial charge in [-0.15, -0.1) is 0 Å². The summed E-state index contributed by atoms with van der Waals surface area (Å²) in [5.74, 6) is 0.487. The lowest BCUT2D eigenvalue weighted by Crippen LogP contribution is -2.25. The van der Waals surface area contributed by atoms with Gasteiger partial charge in [0.15, 0.2) is 0 Å². The van der Waals surface area contributed by atoms with Crippen LogP contribution in [0.15, 0.2) is 24.3 Å². The van der Waals surface area contributed by atoms with Crippen LogP contribution in [0.4, 0.5) is 0 Å². The Hall–Kier alpha value is -1.31. The third-order valence-electron chi connectivity index (χ3n) is 3.78. The predicted octanol–water partition coefficient (Wildman–Crippen LogP) is 3.02. The molecule has 1 heterocycles. The maximum atomic E-state index is 11.6. The molecule has 16 heavy (non-hydrogen) atoms. The molecular weight excluding hydrogens is 200 g/mol. The highest BCUT2D eigenvalue weighted by Gasteiger charge is 2.34. The minimum Gasteiger partial charge on any atom is -0.457 e. The number of esters is 1. The standard InChI is InChI=1S/C14H16O2/c15-13-9-11-7-3-4-8-12(11)14(16-13)10-5-1-2-6-10/h3-4,7-8,10,14H,1-2,5-6,9H2. The van der Waals surface area contributed by atoms with Crippen molar-refractivity contribution in [3.8, 4) is 0 Å². The van der Waals surface area contributed by atoms with Crippen LogP contribution in [0.2, 0.25) is 0 Å². The van der Waals surface area contributed by atoms with Gasteiger partial charge in [0, 0.05) is 5.92 Å². The van der Waals surface area contributed by atoms with Crippen LogP contribution in [0.3, 0.4) is 0 Å². The lowest BCUT2D eigenvalue weighted by Gasteiger charge is -2.29. The number of benzene rings is 1. The molecule has 0 radical (unpaired) electrons. The highest BCUT2D eigenvalue weighted by Crippen LogP contribution is 2.41. The summed E-state index contributed by atoms with van der Waals surface area (Å²) < 4.78 is 5.56. The quantitative estimate of drug-likeness (QED) is 0.674. The number of hydrogen-bond acceptors (Lipinski definition) is 2. The normalized spacial score (nSPS) is 25.2. The van der Waals surface area contributed by atoms with Crippen molar-refractivity contribution >= 4 is 5.97 Å². The van der Waals surface area contributed by atoms with Gasteiger partial charge in [0.2, 0.25) is 0 Å². The minimum atomic E-state index is -0.0596. The second kappa shape index (κ2) is 3.93. The van der Waals surface area contributed by atoms with Gasteiger partial charge in [-0.2, -0.15) is 0 Å². The summed E-state index contributed by atoms with van der Waals surface area (Å²) in [6.07, 6.45) is 5.43. The molecule has 2 nitrogen and oxygen atoms in total. The molecule has 2 heteroatoms. The zero-order valence-electron chi connectivity index (χ0n) is 9.32. The average molecular weight is 216 g/mol. The maximum absolute atomic E-state index is 11.6. The van der Waals surface area contributed by atoms with E-state index in [1.807, 2.05) is 12.1 Å². The second-order valence-electron chi connectivity index (χ2n) is 4.83. The molecule has 3 rings (SSSR count). The largest absolute Gasteiger partial charge is 0.457 e. The fourth-order valence-electron chi connectivity index (χ4n) is 2.99. The Labute approximate surface area is 95.6 Å². The van der Waals surface area contributed by atoms with E-state index in [1.54, 1.807) is 0 Å². The number of fused-ring (bicyclic) bond motifs is 1. The van der Waals surface area contributed by atoms with Crippen molar-refractivity contribution in [3.63, 3.8) is 0 Å². The number of carbonyl (C=O) groups is 1. The molecule has 0 amide bonds. The first kappa shape index (κ1) is 9.88. The van der Waals surface area contributed by atoms with Crippen LogP contribution in [0.25, 0.3) is 0 Å². The lowest BCUT2D eigenvalue weighted by molar-refractivity contribution is -0.153. The maximum Gasteiger partial charge on any atom is 0.310 e. The van der Waals surface area contributed by atoms with Gasteiger partial charge >= 0.3 is 5.97 Å². The SMILES string of the molecule is O=C1Cc2ccccc2C(C2CCCC2)O1. The number of cyclic esters (lactones) is 1. The Morgan fingerprint density at radius 3 is 2.69 bits per heavy atom. The summed E-state index contributed by atoms with van der Waals surface area (Å²) >= 11 is 0. The third-order valence-corrected chi connectivity index (χ3v) is 3.78. The van der Waals surface area contributed by atoms with Gasteiger partial charge in [-0.1, -0.05) is 37.1 Å². The van der Waals surface area contributed by atoms with E-state index in [0.717, 1.165) is 5.56 Å². The summed E-state index contributed by atoms with van der Waals surface area (Å²) in [5, 5.41) is 0. The smallest absolute Gasteiger partial charge is 0.310 e. The molecule has 1 aromatic carbocycles. The lowest BCUT2D eigenvalue weighted by atomic mass is 9.88. The molecule has 0 N–H and O–H groups in total. The third kappa shape index (κ3) is 1.62. The summed E-state index contributed by atoms with van der Waals surface area (Å²) in [6.45, 7) is 0. The zero-order chi connectivity index (χ0) is 11.0. The molecule has 1 saturated carbocycles. The van der Waals surface area contributed by atoms with E-state index in [9.17, 15) is 4.79 Å². The molecule has 1 aromatic rings. The van der Waals surface area contributed by atoms with Gasteiger partial charge in [-0.3, -0.25) is 4.79 Å². The van der Waals surface area contributed by atoms with E-state index in [0.29, 0.717) is 12.3 Å². The van der Waals surface area contributed by atoms with E-state index in [-0.39, 0.29) is 12.1 Å². The van der Waals surface area contributed by atoms with Crippen molar-refractivity contribution in [1.29, 1.82) is 0 Å². The Bertz CT molecular complexity index is 405. The first-order valence-corrected chi connectivity index (χ1v) is 6.12. The number of rotatable bonds is 1. The molecule has 0 saturated heterocycles. The van der Waals surface area contributed by atoms with Gasteiger partial charge in [0.25, 0.3) is 0 Å². The van der Waals surface area contributed by atoms with Crippen molar-refractivity contribution in [2.75, 3.05) is 0 Å². The van der Waals surface area contributed by atoms with Crippen LogP contribution in [0, 0.1) is 5.92 Å². The van der Waals surface area contributed by atoms with E-state index >= 15 is 0 Å². The zero-order valence-corrected chi connectivity index (χ0v) is 9.32. The van der Waals surface area contributed by atoms with Crippen molar-refractivity contribution < 1.29 is 9.53 Å². The minimum absolute atomic E-state index is 0.0277. The summed E-state index contributed by atoms with van der Waals surface area (Å²) in [5.41, 5.74) is 2.41. The number of ether oxygens (including phenoxy) is 1. The van der Waals surface area contributed by atoms with E-state index in [2.05, 4.69) is 12.1 Å². The molecular formula is C14H16O2. The van der Waals surface area contributed by atoms with Crippen LogP contribution in [0.5, 0.6) is 0 Å². The van der Waals surface area contributed by atoms with Gasteiger partial charge in [-0.25, -0.2) is 0 Å². The van der Waals surface area contributed by atoms with Crippen molar-refractivity contribution in [1.82, 2.24) is 0 Å².